The zero-order valence-electron chi connectivity index (χ0n) is 8.18. The standard InChI is InChI=1S/C9H23N3/c1-9(11)5-2-3-7-12-8-4-6-10/h9,12H,2-8,10-11H2,1H3/t9-/m0/s1. The Balaban J connectivity index is 2.82. The second-order valence-corrected chi connectivity index (χ2v) is 3.37. The summed E-state index contributed by atoms with van der Waals surface area (Å²) >= 11 is 0. The molecule has 5 N–H and O–H groups in total. The van der Waals surface area contributed by atoms with Gasteiger partial charge in [0.05, 0.1) is 0 Å². The predicted octanol–water partition coefficient (Wildman–Crippen LogP) is 0.442. The molecule has 1 atom stereocenters. The van der Waals surface area contributed by atoms with Crippen molar-refractivity contribution in [3.05, 3.63) is 0 Å². The average molecular weight is 173 g/mol. The van der Waals surface area contributed by atoms with Gasteiger partial charge in [-0.05, 0) is 45.8 Å². The first-order chi connectivity index (χ1) is 5.77. The van der Waals surface area contributed by atoms with E-state index in [0.29, 0.717) is 6.04 Å². The highest BCUT2D eigenvalue weighted by molar-refractivity contribution is 4.55. The summed E-state index contributed by atoms with van der Waals surface area (Å²) in [7, 11) is 0. The SMILES string of the molecule is C[C@H](N)CCCCNCCCN. The van der Waals surface area contributed by atoms with Crippen molar-refractivity contribution in [1.29, 1.82) is 0 Å². The van der Waals surface area contributed by atoms with Crippen molar-refractivity contribution >= 4 is 0 Å². The maximum absolute atomic E-state index is 5.62. The van der Waals surface area contributed by atoms with Crippen molar-refractivity contribution in [2.45, 2.75) is 38.6 Å². The Morgan fingerprint density at radius 1 is 1.17 bits per heavy atom. The summed E-state index contributed by atoms with van der Waals surface area (Å²) in [6.07, 6.45) is 4.67. The van der Waals surface area contributed by atoms with E-state index in [1.807, 2.05) is 0 Å². The van der Waals surface area contributed by atoms with E-state index in [1.165, 1.54) is 12.8 Å². The number of rotatable bonds is 8. The number of hydrogen-bond acceptors (Lipinski definition) is 3. The summed E-state index contributed by atoms with van der Waals surface area (Å²) in [4.78, 5) is 0. The van der Waals surface area contributed by atoms with E-state index in [-0.39, 0.29) is 0 Å². The largest absolute Gasteiger partial charge is 0.330 e. The number of nitrogens with one attached hydrogen (secondary N) is 1. The molecule has 0 aromatic heterocycles. The number of hydrogen-bond donors (Lipinski definition) is 3. The topological polar surface area (TPSA) is 64.1 Å². The fourth-order valence-corrected chi connectivity index (χ4v) is 1.07. The van der Waals surface area contributed by atoms with Crippen LogP contribution in [0.1, 0.15) is 32.6 Å². The molecule has 0 aliphatic carbocycles. The lowest BCUT2D eigenvalue weighted by atomic mass is 10.1. The zero-order valence-corrected chi connectivity index (χ0v) is 8.18. The Bertz CT molecular complexity index is 83.8. The molecule has 0 bridgehead atoms. The minimum Gasteiger partial charge on any atom is -0.330 e. The van der Waals surface area contributed by atoms with Gasteiger partial charge in [-0.2, -0.15) is 0 Å². The van der Waals surface area contributed by atoms with Gasteiger partial charge in [0.15, 0.2) is 0 Å². The molecule has 0 saturated heterocycles. The lowest BCUT2D eigenvalue weighted by molar-refractivity contribution is 0.559. The summed E-state index contributed by atoms with van der Waals surface area (Å²) in [5.74, 6) is 0. The van der Waals surface area contributed by atoms with E-state index >= 15 is 0 Å². The highest BCUT2D eigenvalue weighted by atomic mass is 14.8. The van der Waals surface area contributed by atoms with Crippen LogP contribution in [0.2, 0.25) is 0 Å². The Morgan fingerprint density at radius 3 is 2.42 bits per heavy atom. The minimum atomic E-state index is 0.356. The molecule has 0 aliphatic rings. The van der Waals surface area contributed by atoms with Crippen molar-refractivity contribution in [2.24, 2.45) is 11.5 Å². The summed E-state index contributed by atoms with van der Waals surface area (Å²) in [6, 6.07) is 0.356. The smallest absolute Gasteiger partial charge is 0.00104 e. The molecule has 0 unspecified atom stereocenters. The fourth-order valence-electron chi connectivity index (χ4n) is 1.07. The Kier molecular flexibility index (Phi) is 8.88. The minimum absolute atomic E-state index is 0.356. The van der Waals surface area contributed by atoms with Gasteiger partial charge < -0.3 is 16.8 Å². The molecule has 3 heteroatoms. The number of unbranched alkanes of at least 4 members (excludes halogenated alkanes) is 1. The molecule has 0 radical (unpaired) electrons. The molecule has 3 nitrogen and oxygen atoms in total. The van der Waals surface area contributed by atoms with Crippen LogP contribution in [0.5, 0.6) is 0 Å². The van der Waals surface area contributed by atoms with Crippen molar-refractivity contribution in [1.82, 2.24) is 5.32 Å². The van der Waals surface area contributed by atoms with Crippen LogP contribution in [0.3, 0.4) is 0 Å². The highest BCUT2D eigenvalue weighted by Crippen LogP contribution is 1.96. The normalized spacial score (nSPS) is 13.2. The predicted molar refractivity (Wildman–Crippen MR) is 54.0 cm³/mol. The van der Waals surface area contributed by atoms with Crippen LogP contribution in [0, 0.1) is 0 Å². The van der Waals surface area contributed by atoms with E-state index in [2.05, 4.69) is 12.2 Å². The molecule has 0 aromatic rings. The Morgan fingerprint density at radius 2 is 1.83 bits per heavy atom. The first-order valence-corrected chi connectivity index (χ1v) is 4.93. The van der Waals surface area contributed by atoms with E-state index < -0.39 is 0 Å². The molecule has 0 rings (SSSR count). The van der Waals surface area contributed by atoms with Gasteiger partial charge in [0, 0.05) is 6.04 Å². The van der Waals surface area contributed by atoms with Gasteiger partial charge in [0.2, 0.25) is 0 Å². The van der Waals surface area contributed by atoms with Crippen LogP contribution in [-0.4, -0.2) is 25.7 Å². The van der Waals surface area contributed by atoms with Crippen molar-refractivity contribution in [3.8, 4) is 0 Å². The first kappa shape index (κ1) is 11.9. The lowest BCUT2D eigenvalue weighted by Gasteiger charge is -2.05. The van der Waals surface area contributed by atoms with Crippen molar-refractivity contribution < 1.29 is 0 Å². The van der Waals surface area contributed by atoms with Gasteiger partial charge in [-0.1, -0.05) is 6.42 Å². The van der Waals surface area contributed by atoms with Crippen molar-refractivity contribution in [2.75, 3.05) is 19.6 Å². The summed E-state index contributed by atoms with van der Waals surface area (Å²) in [6.45, 7) is 5.00. The summed E-state index contributed by atoms with van der Waals surface area (Å²) in [5, 5.41) is 3.34. The van der Waals surface area contributed by atoms with Crippen LogP contribution in [0.25, 0.3) is 0 Å². The molecule has 0 fully saturated rings. The van der Waals surface area contributed by atoms with E-state index in [4.69, 9.17) is 11.5 Å². The van der Waals surface area contributed by atoms with Gasteiger partial charge in [0.25, 0.3) is 0 Å². The van der Waals surface area contributed by atoms with E-state index in [1.54, 1.807) is 0 Å². The van der Waals surface area contributed by atoms with Gasteiger partial charge in [-0.3, -0.25) is 0 Å². The molecule has 0 heterocycles. The fraction of sp³-hybridized carbons (Fsp3) is 1.00. The molecular weight excluding hydrogens is 150 g/mol. The van der Waals surface area contributed by atoms with E-state index in [9.17, 15) is 0 Å². The molecule has 74 valence electrons. The molecule has 0 saturated carbocycles. The molecule has 0 aromatic carbocycles. The maximum atomic E-state index is 5.62. The Hall–Kier alpha value is -0.120. The van der Waals surface area contributed by atoms with Crippen LogP contribution in [-0.2, 0) is 0 Å². The molecule has 0 amide bonds. The average Bonchev–Trinajstić information content (AvgIpc) is 2.02. The first-order valence-electron chi connectivity index (χ1n) is 4.93. The molecule has 12 heavy (non-hydrogen) atoms. The quantitative estimate of drug-likeness (QED) is 0.467. The second-order valence-electron chi connectivity index (χ2n) is 3.37. The molecule has 0 spiro atoms. The summed E-state index contributed by atoms with van der Waals surface area (Å²) < 4.78 is 0. The zero-order chi connectivity index (χ0) is 9.23. The molecular formula is C9H23N3. The summed E-state index contributed by atoms with van der Waals surface area (Å²) in [5.41, 5.74) is 11.0. The van der Waals surface area contributed by atoms with Crippen LogP contribution >= 0.6 is 0 Å². The monoisotopic (exact) mass is 173 g/mol. The number of nitrogens with two attached hydrogens (primary N) is 2. The molecule has 0 aliphatic heterocycles. The third kappa shape index (κ3) is 9.88. The van der Waals surface area contributed by atoms with E-state index in [0.717, 1.165) is 32.5 Å². The third-order valence-corrected chi connectivity index (χ3v) is 1.82. The van der Waals surface area contributed by atoms with Crippen LogP contribution in [0.4, 0.5) is 0 Å². The highest BCUT2D eigenvalue weighted by Gasteiger charge is 1.93. The second kappa shape index (κ2) is 8.97. The third-order valence-electron chi connectivity index (χ3n) is 1.82. The maximum Gasteiger partial charge on any atom is 0.00104 e. The van der Waals surface area contributed by atoms with Crippen LogP contribution in [0.15, 0.2) is 0 Å². The van der Waals surface area contributed by atoms with Gasteiger partial charge in [-0.25, -0.2) is 0 Å². The van der Waals surface area contributed by atoms with Gasteiger partial charge in [-0.15, -0.1) is 0 Å². The van der Waals surface area contributed by atoms with Gasteiger partial charge >= 0.3 is 0 Å². The Labute approximate surface area is 75.9 Å². The van der Waals surface area contributed by atoms with Crippen LogP contribution < -0.4 is 16.8 Å². The van der Waals surface area contributed by atoms with Gasteiger partial charge in [0.1, 0.15) is 0 Å². The van der Waals surface area contributed by atoms with Crippen molar-refractivity contribution in [3.63, 3.8) is 0 Å². The lowest BCUT2D eigenvalue weighted by Crippen LogP contribution is -2.20.